The molecule has 2 N–H and O–H groups in total. The second kappa shape index (κ2) is 2.73. The fourth-order valence-corrected chi connectivity index (χ4v) is 1.38. The molecule has 2 atom stereocenters. The largest absolute Gasteiger partial charge is 0.386 e. The number of hydrogen-bond donors (Lipinski definition) is 2. The summed E-state index contributed by atoms with van der Waals surface area (Å²) in [5.41, 5.74) is 0. The van der Waals surface area contributed by atoms with E-state index < -0.39 is 12.2 Å². The first-order valence-corrected chi connectivity index (χ1v) is 3.92. The van der Waals surface area contributed by atoms with Gasteiger partial charge >= 0.3 is 0 Å². The molecule has 12 heavy (non-hydrogen) atoms. The van der Waals surface area contributed by atoms with Gasteiger partial charge in [0.25, 0.3) is 0 Å². The third kappa shape index (κ3) is 1.15. The molecule has 2 unspecified atom stereocenters. The maximum atomic E-state index is 9.29. The van der Waals surface area contributed by atoms with Gasteiger partial charge in [-0.15, -0.1) is 0 Å². The molecule has 1 aromatic carbocycles. The van der Waals surface area contributed by atoms with Crippen molar-refractivity contribution in [3.8, 4) is 0 Å². The van der Waals surface area contributed by atoms with E-state index >= 15 is 0 Å². The van der Waals surface area contributed by atoms with E-state index in [0.29, 0.717) is 0 Å². The molecule has 2 heteroatoms. The Morgan fingerprint density at radius 1 is 0.833 bits per heavy atom. The van der Waals surface area contributed by atoms with Crippen molar-refractivity contribution in [1.82, 2.24) is 0 Å². The van der Waals surface area contributed by atoms with E-state index in [0.717, 1.165) is 10.4 Å². The topological polar surface area (TPSA) is 40.5 Å². The molecule has 0 fully saturated rings. The smallest absolute Gasteiger partial charge is 0.102 e. The Labute approximate surface area is 70.1 Å². The molecule has 1 aliphatic carbocycles. The molecule has 0 bridgehead atoms. The monoisotopic (exact) mass is 162 g/mol. The molecule has 1 aliphatic rings. The van der Waals surface area contributed by atoms with Crippen LogP contribution < -0.4 is 10.4 Å². The Morgan fingerprint density at radius 3 is 1.67 bits per heavy atom. The lowest BCUT2D eigenvalue weighted by atomic mass is 10.0. The Hall–Kier alpha value is -1.12. The standard InChI is InChI=1S/C10H10O2/c11-9-5-7-3-1-2-4-8(7)6-10(9)12/h1-6,9-12H. The van der Waals surface area contributed by atoms with Crippen LogP contribution in [0.2, 0.25) is 0 Å². The van der Waals surface area contributed by atoms with Crippen molar-refractivity contribution >= 4 is 12.2 Å². The van der Waals surface area contributed by atoms with Gasteiger partial charge in [0.15, 0.2) is 0 Å². The number of rotatable bonds is 0. The summed E-state index contributed by atoms with van der Waals surface area (Å²) in [7, 11) is 0. The molecule has 0 amide bonds. The molecule has 2 nitrogen and oxygen atoms in total. The van der Waals surface area contributed by atoms with Gasteiger partial charge in [-0.3, -0.25) is 0 Å². The van der Waals surface area contributed by atoms with Crippen LogP contribution in [0.1, 0.15) is 0 Å². The van der Waals surface area contributed by atoms with Gasteiger partial charge in [0.2, 0.25) is 0 Å². The molecule has 0 spiro atoms. The molecular formula is C10H10O2. The van der Waals surface area contributed by atoms with Gasteiger partial charge in [-0.1, -0.05) is 24.3 Å². The highest BCUT2D eigenvalue weighted by molar-refractivity contribution is 5.45. The third-order valence-corrected chi connectivity index (χ3v) is 2.05. The van der Waals surface area contributed by atoms with Gasteiger partial charge < -0.3 is 10.2 Å². The number of hydrogen-bond acceptors (Lipinski definition) is 2. The Morgan fingerprint density at radius 2 is 1.25 bits per heavy atom. The first-order valence-electron chi connectivity index (χ1n) is 3.92. The minimum Gasteiger partial charge on any atom is -0.386 e. The molecule has 62 valence electrons. The SMILES string of the molecule is OC1C=c2ccccc2=CC1O. The van der Waals surface area contributed by atoms with E-state index in [1.165, 1.54) is 0 Å². The van der Waals surface area contributed by atoms with Gasteiger partial charge in [0.1, 0.15) is 12.2 Å². The predicted octanol–water partition coefficient (Wildman–Crippen LogP) is -1.02. The van der Waals surface area contributed by atoms with Crippen LogP contribution >= 0.6 is 0 Å². The second-order valence-electron chi connectivity index (χ2n) is 2.94. The van der Waals surface area contributed by atoms with Crippen molar-refractivity contribution in [2.75, 3.05) is 0 Å². The van der Waals surface area contributed by atoms with E-state index in [4.69, 9.17) is 0 Å². The first-order chi connectivity index (χ1) is 5.77. The van der Waals surface area contributed by atoms with Crippen LogP contribution in [0, 0.1) is 0 Å². The van der Waals surface area contributed by atoms with Gasteiger partial charge in [0, 0.05) is 0 Å². The summed E-state index contributed by atoms with van der Waals surface area (Å²) >= 11 is 0. The molecule has 0 saturated carbocycles. The molecule has 0 saturated heterocycles. The summed E-state index contributed by atoms with van der Waals surface area (Å²) in [6, 6.07) is 7.66. The maximum Gasteiger partial charge on any atom is 0.102 e. The van der Waals surface area contributed by atoms with Gasteiger partial charge in [-0.2, -0.15) is 0 Å². The summed E-state index contributed by atoms with van der Waals surface area (Å²) in [4.78, 5) is 0. The molecule has 2 rings (SSSR count). The zero-order valence-electron chi connectivity index (χ0n) is 6.51. The zero-order chi connectivity index (χ0) is 8.55. The van der Waals surface area contributed by atoms with E-state index in [2.05, 4.69) is 0 Å². The second-order valence-corrected chi connectivity index (χ2v) is 2.94. The zero-order valence-corrected chi connectivity index (χ0v) is 6.51. The summed E-state index contributed by atoms with van der Waals surface area (Å²) < 4.78 is 0. The van der Waals surface area contributed by atoms with Crippen molar-refractivity contribution < 1.29 is 10.2 Å². The van der Waals surface area contributed by atoms with Crippen LogP contribution in [0.3, 0.4) is 0 Å². The van der Waals surface area contributed by atoms with Gasteiger partial charge in [0.05, 0.1) is 0 Å². The summed E-state index contributed by atoms with van der Waals surface area (Å²) in [5, 5.41) is 20.5. The number of aliphatic hydroxyl groups is 2. The van der Waals surface area contributed by atoms with Crippen LogP contribution in [0.15, 0.2) is 24.3 Å². The van der Waals surface area contributed by atoms with E-state index in [9.17, 15) is 10.2 Å². The lowest BCUT2D eigenvalue weighted by Gasteiger charge is -2.13. The molecule has 1 aromatic rings. The minimum absolute atomic E-state index is 0.764. The van der Waals surface area contributed by atoms with Crippen LogP contribution in [0.25, 0.3) is 12.2 Å². The summed E-state index contributed by atoms with van der Waals surface area (Å²) in [6.07, 6.45) is 1.81. The van der Waals surface area contributed by atoms with Gasteiger partial charge in [-0.05, 0) is 22.6 Å². The molecule has 0 radical (unpaired) electrons. The Balaban J connectivity index is 2.70. The minimum atomic E-state index is -0.764. The molecule has 0 heterocycles. The average Bonchev–Trinajstić information content (AvgIpc) is 2.07. The average molecular weight is 162 g/mol. The molecule has 0 aromatic heterocycles. The molecule has 0 aliphatic heterocycles. The van der Waals surface area contributed by atoms with Gasteiger partial charge in [-0.25, -0.2) is 0 Å². The number of benzene rings is 1. The molecular weight excluding hydrogens is 152 g/mol. The highest BCUT2D eigenvalue weighted by Gasteiger charge is 2.12. The summed E-state index contributed by atoms with van der Waals surface area (Å²) in [5.74, 6) is 0. The van der Waals surface area contributed by atoms with Crippen LogP contribution in [0.5, 0.6) is 0 Å². The third-order valence-electron chi connectivity index (χ3n) is 2.05. The van der Waals surface area contributed by atoms with Crippen molar-refractivity contribution in [3.63, 3.8) is 0 Å². The van der Waals surface area contributed by atoms with Crippen molar-refractivity contribution in [2.45, 2.75) is 12.2 Å². The summed E-state index contributed by atoms with van der Waals surface area (Å²) in [6.45, 7) is 0. The lowest BCUT2D eigenvalue weighted by Crippen LogP contribution is -2.37. The Kier molecular flexibility index (Phi) is 1.71. The number of aliphatic hydroxyl groups excluding tert-OH is 2. The highest BCUT2D eigenvalue weighted by Crippen LogP contribution is 1.98. The predicted molar refractivity (Wildman–Crippen MR) is 46.6 cm³/mol. The maximum absolute atomic E-state index is 9.29. The van der Waals surface area contributed by atoms with Crippen LogP contribution in [-0.2, 0) is 0 Å². The Bertz CT molecular complexity index is 356. The van der Waals surface area contributed by atoms with Crippen LogP contribution in [0.4, 0.5) is 0 Å². The number of fused-ring (bicyclic) bond motifs is 1. The van der Waals surface area contributed by atoms with Crippen molar-refractivity contribution in [2.24, 2.45) is 0 Å². The normalized spacial score (nSPS) is 26.8. The van der Waals surface area contributed by atoms with Crippen molar-refractivity contribution in [1.29, 1.82) is 0 Å². The quantitative estimate of drug-likeness (QED) is 0.513. The van der Waals surface area contributed by atoms with Crippen LogP contribution in [-0.4, -0.2) is 22.4 Å². The first kappa shape index (κ1) is 7.53. The van der Waals surface area contributed by atoms with Crippen molar-refractivity contribution in [3.05, 3.63) is 34.7 Å². The lowest BCUT2D eigenvalue weighted by molar-refractivity contribution is 0.0993. The van der Waals surface area contributed by atoms with E-state index in [1.54, 1.807) is 12.2 Å². The van der Waals surface area contributed by atoms with E-state index in [-0.39, 0.29) is 0 Å². The fourth-order valence-electron chi connectivity index (χ4n) is 1.38. The van der Waals surface area contributed by atoms with E-state index in [1.807, 2.05) is 24.3 Å². The highest BCUT2D eigenvalue weighted by atomic mass is 16.3. The fraction of sp³-hybridized carbons (Fsp3) is 0.200.